The zero-order chi connectivity index (χ0) is 22.7. The van der Waals surface area contributed by atoms with Crippen LogP contribution in [-0.4, -0.2) is 27.1 Å². The molecular weight excluding hydrogens is 451 g/mol. The normalized spacial score (nSPS) is 10.4. The predicted molar refractivity (Wildman–Crippen MR) is 110 cm³/mol. The van der Waals surface area contributed by atoms with E-state index in [2.05, 4.69) is 9.97 Å². The van der Waals surface area contributed by atoms with Crippen LogP contribution in [0.25, 0.3) is 11.3 Å². The van der Waals surface area contributed by atoms with Crippen LogP contribution < -0.4 is 10.3 Å². The van der Waals surface area contributed by atoms with Crippen molar-refractivity contribution in [2.75, 3.05) is 6.26 Å². The third-order valence-electron chi connectivity index (χ3n) is 4.00. The molecule has 0 saturated heterocycles. The van der Waals surface area contributed by atoms with Crippen molar-refractivity contribution < 1.29 is 18.8 Å². The monoisotopic (exact) mass is 460 g/mol. The standard InChI is InChI=1S/C19H10ClFN4O5S/c1-31-19-23-16(11(8-22)17(26)24-19)10-7-9(25(28)29)5-6-14(10)30-18(27)15-12(20)3-2-4-13(15)21/h2-7H,1H3,(H,23,24,26). The molecule has 9 nitrogen and oxygen atoms in total. The average molecular weight is 461 g/mol. The van der Waals surface area contributed by atoms with Crippen LogP contribution in [0.2, 0.25) is 5.02 Å². The largest absolute Gasteiger partial charge is 0.422 e. The summed E-state index contributed by atoms with van der Waals surface area (Å²) >= 11 is 6.95. The Balaban J connectivity index is 2.22. The fraction of sp³-hybridized carbons (Fsp3) is 0.0526. The molecule has 0 aliphatic heterocycles. The molecule has 0 aliphatic carbocycles. The van der Waals surface area contributed by atoms with Gasteiger partial charge in [0, 0.05) is 12.1 Å². The third kappa shape index (κ3) is 4.40. The highest BCUT2D eigenvalue weighted by atomic mass is 35.5. The summed E-state index contributed by atoms with van der Waals surface area (Å²) in [5.41, 5.74) is -2.58. The van der Waals surface area contributed by atoms with Gasteiger partial charge < -0.3 is 9.72 Å². The van der Waals surface area contributed by atoms with E-state index >= 15 is 0 Å². The quantitative estimate of drug-likeness (QED) is 0.151. The number of ether oxygens (including phenoxy) is 1. The number of thioether (sulfide) groups is 1. The Labute approximate surface area is 182 Å². The van der Waals surface area contributed by atoms with Gasteiger partial charge in [-0.25, -0.2) is 14.2 Å². The molecule has 3 aromatic rings. The summed E-state index contributed by atoms with van der Waals surface area (Å²) in [7, 11) is 0. The van der Waals surface area contributed by atoms with E-state index in [0.717, 1.165) is 36.0 Å². The van der Waals surface area contributed by atoms with Gasteiger partial charge in [-0.3, -0.25) is 14.9 Å². The number of aromatic amines is 1. The number of halogens is 2. The summed E-state index contributed by atoms with van der Waals surface area (Å²) in [6.07, 6.45) is 1.61. The van der Waals surface area contributed by atoms with Crippen LogP contribution in [0.15, 0.2) is 46.3 Å². The Morgan fingerprint density at radius 2 is 2.13 bits per heavy atom. The molecule has 0 fully saturated rings. The number of rotatable bonds is 5. The van der Waals surface area contributed by atoms with Crippen LogP contribution >= 0.6 is 23.4 Å². The highest BCUT2D eigenvalue weighted by Crippen LogP contribution is 2.35. The van der Waals surface area contributed by atoms with Crippen molar-refractivity contribution in [2.24, 2.45) is 0 Å². The minimum atomic E-state index is -1.17. The van der Waals surface area contributed by atoms with Crippen molar-refractivity contribution in [3.63, 3.8) is 0 Å². The highest BCUT2D eigenvalue weighted by Gasteiger charge is 2.24. The first kappa shape index (κ1) is 21.9. The second-order valence-electron chi connectivity index (χ2n) is 5.83. The molecule has 1 N–H and O–H groups in total. The summed E-state index contributed by atoms with van der Waals surface area (Å²) in [5.74, 6) is -2.39. The number of nitrogens with one attached hydrogen (secondary N) is 1. The topological polar surface area (TPSA) is 139 Å². The lowest BCUT2D eigenvalue weighted by Gasteiger charge is -2.12. The van der Waals surface area contributed by atoms with E-state index in [1.54, 1.807) is 12.3 Å². The van der Waals surface area contributed by atoms with Crippen LogP contribution in [0.3, 0.4) is 0 Å². The Morgan fingerprint density at radius 1 is 1.39 bits per heavy atom. The first-order chi connectivity index (χ1) is 14.8. The van der Waals surface area contributed by atoms with Crippen LogP contribution in [0.5, 0.6) is 5.75 Å². The minimum absolute atomic E-state index is 0.125. The average Bonchev–Trinajstić information content (AvgIpc) is 2.73. The van der Waals surface area contributed by atoms with Gasteiger partial charge in [-0.1, -0.05) is 29.4 Å². The van der Waals surface area contributed by atoms with Crippen LogP contribution in [0.1, 0.15) is 15.9 Å². The number of nitro groups is 1. The van der Waals surface area contributed by atoms with Crippen LogP contribution in [0, 0.1) is 27.3 Å². The van der Waals surface area contributed by atoms with Crippen molar-refractivity contribution in [3.05, 3.63) is 78.8 Å². The smallest absolute Gasteiger partial charge is 0.348 e. The van der Waals surface area contributed by atoms with Gasteiger partial charge in [0.05, 0.1) is 15.5 Å². The fourth-order valence-corrected chi connectivity index (χ4v) is 3.21. The molecule has 1 heterocycles. The van der Waals surface area contributed by atoms with E-state index in [1.807, 2.05) is 0 Å². The van der Waals surface area contributed by atoms with Gasteiger partial charge in [-0.15, -0.1) is 0 Å². The van der Waals surface area contributed by atoms with E-state index in [-0.39, 0.29) is 27.2 Å². The second-order valence-corrected chi connectivity index (χ2v) is 7.04. The van der Waals surface area contributed by atoms with Crippen molar-refractivity contribution in [3.8, 4) is 23.1 Å². The number of hydrogen-bond acceptors (Lipinski definition) is 8. The lowest BCUT2D eigenvalue weighted by molar-refractivity contribution is -0.384. The maximum Gasteiger partial charge on any atom is 0.348 e. The molecule has 0 unspecified atom stereocenters. The lowest BCUT2D eigenvalue weighted by atomic mass is 10.1. The maximum absolute atomic E-state index is 14.1. The lowest BCUT2D eigenvalue weighted by Crippen LogP contribution is -2.16. The number of nitriles is 1. The van der Waals surface area contributed by atoms with Gasteiger partial charge in [-0.05, 0) is 24.5 Å². The number of nitrogens with zero attached hydrogens (tertiary/aromatic N) is 3. The number of H-pyrrole nitrogens is 1. The summed E-state index contributed by atoms with van der Waals surface area (Å²) < 4.78 is 19.3. The number of benzene rings is 2. The molecule has 156 valence electrons. The molecule has 0 amide bonds. The molecule has 0 spiro atoms. The molecule has 0 atom stereocenters. The summed E-state index contributed by atoms with van der Waals surface area (Å²) in [6.45, 7) is 0. The zero-order valence-electron chi connectivity index (χ0n) is 15.5. The second kappa shape index (κ2) is 8.95. The number of nitro benzene ring substituents is 1. The summed E-state index contributed by atoms with van der Waals surface area (Å²) in [6, 6.07) is 8.41. The van der Waals surface area contributed by atoms with Crippen molar-refractivity contribution in [1.29, 1.82) is 5.26 Å². The summed E-state index contributed by atoms with van der Waals surface area (Å²) in [4.78, 5) is 41.9. The number of carbonyl (C=O) groups excluding carboxylic acids is 1. The van der Waals surface area contributed by atoms with Gasteiger partial charge >= 0.3 is 5.97 Å². The SMILES string of the molecule is CSc1nc(-c2cc([N+](=O)[O-])ccc2OC(=O)c2c(F)cccc2Cl)c(C#N)c(=O)[nH]1. The van der Waals surface area contributed by atoms with Gasteiger partial charge in [0.25, 0.3) is 11.2 Å². The fourth-order valence-electron chi connectivity index (χ4n) is 2.60. The van der Waals surface area contributed by atoms with Gasteiger partial charge in [0.1, 0.15) is 34.5 Å². The number of non-ortho nitro benzene ring substituents is 1. The highest BCUT2D eigenvalue weighted by molar-refractivity contribution is 7.98. The zero-order valence-corrected chi connectivity index (χ0v) is 17.1. The third-order valence-corrected chi connectivity index (χ3v) is 4.90. The molecule has 0 bridgehead atoms. The molecule has 12 heteroatoms. The van der Waals surface area contributed by atoms with Gasteiger partial charge in [-0.2, -0.15) is 5.26 Å². The van der Waals surface area contributed by atoms with Gasteiger partial charge in [0.2, 0.25) is 0 Å². The first-order valence-electron chi connectivity index (χ1n) is 8.30. The van der Waals surface area contributed by atoms with Crippen LogP contribution in [-0.2, 0) is 0 Å². The number of carbonyl (C=O) groups is 1. The van der Waals surface area contributed by atoms with Crippen molar-refractivity contribution in [1.82, 2.24) is 9.97 Å². The van der Waals surface area contributed by atoms with Crippen LogP contribution in [0.4, 0.5) is 10.1 Å². The van der Waals surface area contributed by atoms with E-state index in [4.69, 9.17) is 16.3 Å². The molecule has 0 radical (unpaired) electrons. The van der Waals surface area contributed by atoms with E-state index in [0.29, 0.717) is 0 Å². The van der Waals surface area contributed by atoms with E-state index in [9.17, 15) is 29.4 Å². The Morgan fingerprint density at radius 3 is 2.74 bits per heavy atom. The molecule has 3 rings (SSSR count). The number of aromatic nitrogens is 2. The number of hydrogen-bond donors (Lipinski definition) is 1. The minimum Gasteiger partial charge on any atom is -0.422 e. The van der Waals surface area contributed by atoms with E-state index in [1.165, 1.54) is 12.1 Å². The first-order valence-corrected chi connectivity index (χ1v) is 9.90. The Hall–Kier alpha value is -3.75. The number of esters is 1. The molecular formula is C19H10ClFN4O5S. The predicted octanol–water partition coefficient (Wildman–Crippen LogP) is 3.95. The Kier molecular flexibility index (Phi) is 6.33. The molecule has 31 heavy (non-hydrogen) atoms. The Bertz CT molecular complexity index is 1300. The van der Waals surface area contributed by atoms with Gasteiger partial charge in [0.15, 0.2) is 5.16 Å². The molecule has 0 saturated carbocycles. The summed E-state index contributed by atoms with van der Waals surface area (Å²) in [5, 5.41) is 20.6. The maximum atomic E-state index is 14.1. The molecule has 2 aromatic carbocycles. The van der Waals surface area contributed by atoms with Crippen molar-refractivity contribution in [2.45, 2.75) is 5.16 Å². The van der Waals surface area contributed by atoms with Crippen molar-refractivity contribution >= 4 is 35.0 Å². The molecule has 0 aliphatic rings. The molecule has 1 aromatic heterocycles. The van der Waals surface area contributed by atoms with E-state index < -0.39 is 39.1 Å².